The molecule has 170 valence electrons. The van der Waals surface area contributed by atoms with Gasteiger partial charge in [-0.25, -0.2) is 4.90 Å². The third kappa shape index (κ3) is 2.33. The van der Waals surface area contributed by atoms with E-state index in [0.717, 1.165) is 33.4 Å². The van der Waals surface area contributed by atoms with Crippen LogP contribution in [0.3, 0.4) is 0 Å². The largest absolute Gasteiger partial charge is 0.495 e. The van der Waals surface area contributed by atoms with E-state index in [4.69, 9.17) is 21.1 Å². The topological polar surface area (TPSA) is 72.9 Å². The number of rotatable bonds is 4. The number of ether oxygens (including phenoxy) is 2. The zero-order chi connectivity index (χ0) is 23.8. The minimum absolute atomic E-state index is 0.252. The van der Waals surface area contributed by atoms with E-state index in [1.165, 1.54) is 26.4 Å². The fourth-order valence-electron chi connectivity index (χ4n) is 6.29. The first-order valence-corrected chi connectivity index (χ1v) is 11.3. The summed E-state index contributed by atoms with van der Waals surface area (Å²) >= 11 is 6.26. The van der Waals surface area contributed by atoms with Crippen LogP contribution in [-0.4, -0.2) is 32.3 Å². The second-order valence-electron chi connectivity index (χ2n) is 8.81. The molecule has 1 saturated heterocycles. The van der Waals surface area contributed by atoms with Gasteiger partial charge in [0.05, 0.1) is 42.2 Å². The number of carbonyl (C=O) groups excluding carboxylic acids is 3. The third-order valence-corrected chi connectivity index (χ3v) is 7.86. The summed E-state index contributed by atoms with van der Waals surface area (Å²) < 4.78 is 10.8. The van der Waals surface area contributed by atoms with Crippen molar-refractivity contribution in [3.63, 3.8) is 0 Å². The van der Waals surface area contributed by atoms with Crippen LogP contribution in [0.2, 0.25) is 5.02 Å². The number of anilines is 1. The molecule has 2 bridgehead atoms. The Balaban J connectivity index is 1.62. The lowest BCUT2D eigenvalue weighted by molar-refractivity contribution is -0.128. The Bertz CT molecular complexity index is 1350. The maximum absolute atomic E-state index is 14.1. The molecule has 3 aromatic carbocycles. The highest BCUT2D eigenvalue weighted by molar-refractivity contribution is 6.33. The van der Waals surface area contributed by atoms with Crippen LogP contribution in [0, 0.1) is 11.8 Å². The Hall–Kier alpha value is -3.64. The van der Waals surface area contributed by atoms with Gasteiger partial charge in [-0.15, -0.1) is 0 Å². The van der Waals surface area contributed by atoms with Crippen molar-refractivity contribution in [2.75, 3.05) is 19.1 Å². The first-order chi connectivity index (χ1) is 16.5. The monoisotopic (exact) mass is 473 g/mol. The smallest absolute Gasteiger partial charge is 0.239 e. The Morgan fingerprint density at radius 2 is 1.47 bits per heavy atom. The lowest BCUT2D eigenvalue weighted by atomic mass is 9.48. The van der Waals surface area contributed by atoms with Gasteiger partial charge in [0, 0.05) is 18.1 Å². The highest BCUT2D eigenvalue weighted by Crippen LogP contribution is 2.64. The van der Waals surface area contributed by atoms with Crippen LogP contribution >= 0.6 is 11.6 Å². The van der Waals surface area contributed by atoms with Crippen molar-refractivity contribution in [1.82, 2.24) is 0 Å². The Morgan fingerprint density at radius 1 is 0.882 bits per heavy atom. The predicted octanol–water partition coefficient (Wildman–Crippen LogP) is 4.11. The number of methoxy groups -OCH3 is 2. The van der Waals surface area contributed by atoms with Crippen molar-refractivity contribution in [3.8, 4) is 11.5 Å². The van der Waals surface area contributed by atoms with E-state index in [1.807, 2.05) is 48.5 Å². The van der Waals surface area contributed by atoms with Crippen molar-refractivity contribution < 1.29 is 23.9 Å². The predicted molar refractivity (Wildman–Crippen MR) is 126 cm³/mol. The van der Waals surface area contributed by atoms with Crippen LogP contribution in [0.4, 0.5) is 5.69 Å². The SMILES string of the molecule is COc1cc(N2C(=O)C3C4c5ccccc5C(C=O)(c5ccccc54)C3C2=O)c(OC)cc1Cl. The number of halogens is 1. The summed E-state index contributed by atoms with van der Waals surface area (Å²) in [5, 5.41) is 0.295. The number of imide groups is 1. The van der Waals surface area contributed by atoms with Gasteiger partial charge in [0.1, 0.15) is 17.8 Å². The van der Waals surface area contributed by atoms with E-state index in [-0.39, 0.29) is 23.3 Å². The second-order valence-corrected chi connectivity index (χ2v) is 9.22. The summed E-state index contributed by atoms with van der Waals surface area (Å²) in [7, 11) is 2.90. The molecule has 3 aromatic rings. The molecule has 0 spiro atoms. The van der Waals surface area contributed by atoms with Crippen molar-refractivity contribution in [2.45, 2.75) is 11.3 Å². The second kappa shape index (κ2) is 7.18. The molecule has 2 atom stereocenters. The Labute approximate surface area is 201 Å². The molecule has 2 unspecified atom stereocenters. The fourth-order valence-corrected chi connectivity index (χ4v) is 6.52. The number of amides is 2. The Morgan fingerprint density at radius 3 is 2.03 bits per heavy atom. The molecule has 3 aliphatic carbocycles. The van der Waals surface area contributed by atoms with Crippen LogP contribution in [0.1, 0.15) is 28.2 Å². The van der Waals surface area contributed by atoms with E-state index in [2.05, 4.69) is 0 Å². The molecular weight excluding hydrogens is 454 g/mol. The average Bonchev–Trinajstić information content (AvgIpc) is 3.14. The quantitative estimate of drug-likeness (QED) is 0.421. The maximum atomic E-state index is 14.1. The average molecular weight is 474 g/mol. The van der Waals surface area contributed by atoms with Crippen LogP contribution in [-0.2, 0) is 19.8 Å². The van der Waals surface area contributed by atoms with Gasteiger partial charge in [0.25, 0.3) is 0 Å². The molecule has 0 radical (unpaired) electrons. The molecule has 0 saturated carbocycles. The van der Waals surface area contributed by atoms with Gasteiger partial charge in [-0.05, 0) is 22.3 Å². The van der Waals surface area contributed by atoms with Crippen molar-refractivity contribution in [3.05, 3.63) is 87.9 Å². The number of carbonyl (C=O) groups is 3. The first-order valence-electron chi connectivity index (χ1n) is 10.9. The number of benzene rings is 3. The van der Waals surface area contributed by atoms with Gasteiger partial charge < -0.3 is 14.3 Å². The number of hydrogen-bond acceptors (Lipinski definition) is 5. The summed E-state index contributed by atoms with van der Waals surface area (Å²) in [5.74, 6) is -2.12. The third-order valence-electron chi connectivity index (χ3n) is 7.56. The van der Waals surface area contributed by atoms with E-state index >= 15 is 0 Å². The van der Waals surface area contributed by atoms with Crippen molar-refractivity contribution in [2.24, 2.45) is 11.8 Å². The van der Waals surface area contributed by atoms with Gasteiger partial charge in [-0.1, -0.05) is 60.1 Å². The standard InChI is InChI=1S/C27H20ClNO5/c1-33-20-12-19(21(34-2)11-18(20)28)29-25(31)23-22-14-7-3-5-9-16(14)27(13-30,24(23)26(29)32)17-10-6-4-8-15(17)22/h3-13,22-24H,1-2H3. The normalized spacial score (nSPS) is 26.1. The van der Waals surface area contributed by atoms with Crippen molar-refractivity contribution in [1.29, 1.82) is 0 Å². The lowest BCUT2D eigenvalue weighted by Crippen LogP contribution is -2.54. The number of aldehydes is 1. The van der Waals surface area contributed by atoms with Gasteiger partial charge in [-0.2, -0.15) is 0 Å². The number of nitrogens with zero attached hydrogens (tertiary/aromatic N) is 1. The molecule has 0 N–H and O–H groups in total. The summed E-state index contributed by atoms with van der Waals surface area (Å²) in [4.78, 5) is 42.3. The van der Waals surface area contributed by atoms with E-state index in [9.17, 15) is 14.4 Å². The van der Waals surface area contributed by atoms with Crippen LogP contribution in [0.5, 0.6) is 11.5 Å². The van der Waals surface area contributed by atoms with Gasteiger partial charge >= 0.3 is 0 Å². The van der Waals surface area contributed by atoms with Crippen LogP contribution in [0.15, 0.2) is 60.7 Å². The van der Waals surface area contributed by atoms with Gasteiger partial charge in [0.2, 0.25) is 11.8 Å². The molecule has 0 aromatic heterocycles. The van der Waals surface area contributed by atoms with Crippen molar-refractivity contribution >= 4 is 35.4 Å². The molecule has 34 heavy (non-hydrogen) atoms. The summed E-state index contributed by atoms with van der Waals surface area (Å²) in [6.07, 6.45) is 0.853. The Kier molecular flexibility index (Phi) is 4.42. The van der Waals surface area contributed by atoms with Crippen LogP contribution < -0.4 is 14.4 Å². The molecule has 4 aliphatic rings. The molecule has 1 fully saturated rings. The molecule has 6 nitrogen and oxygen atoms in total. The first kappa shape index (κ1) is 20.9. The fraction of sp³-hybridized carbons (Fsp3) is 0.222. The zero-order valence-corrected chi connectivity index (χ0v) is 19.2. The highest BCUT2D eigenvalue weighted by Gasteiger charge is 2.68. The molecule has 7 heteroatoms. The molecule has 1 aliphatic heterocycles. The minimum Gasteiger partial charge on any atom is -0.495 e. The molecule has 2 amide bonds. The van der Waals surface area contributed by atoms with E-state index in [0.29, 0.717) is 10.8 Å². The molecule has 1 heterocycles. The highest BCUT2D eigenvalue weighted by atomic mass is 35.5. The summed E-state index contributed by atoms with van der Waals surface area (Å²) in [5.41, 5.74) is 2.41. The van der Waals surface area contributed by atoms with E-state index in [1.54, 1.807) is 0 Å². The van der Waals surface area contributed by atoms with Gasteiger partial charge in [0.15, 0.2) is 0 Å². The molecule has 7 rings (SSSR count). The minimum atomic E-state index is -1.25. The number of hydrogen-bond donors (Lipinski definition) is 0. The summed E-state index contributed by atoms with van der Waals surface area (Å²) in [6.45, 7) is 0. The summed E-state index contributed by atoms with van der Waals surface area (Å²) in [6, 6.07) is 18.3. The zero-order valence-electron chi connectivity index (χ0n) is 18.4. The van der Waals surface area contributed by atoms with Crippen LogP contribution in [0.25, 0.3) is 0 Å². The maximum Gasteiger partial charge on any atom is 0.239 e. The lowest BCUT2D eigenvalue weighted by Gasteiger charge is -2.51. The van der Waals surface area contributed by atoms with Gasteiger partial charge in [-0.3, -0.25) is 9.59 Å². The molecular formula is C27H20ClNO5. The van der Waals surface area contributed by atoms with E-state index < -0.39 is 23.2 Å².